The van der Waals surface area contributed by atoms with Crippen molar-refractivity contribution in [2.75, 3.05) is 26.2 Å². The fraction of sp³-hybridized carbons (Fsp3) is 0.519. The van der Waals surface area contributed by atoms with E-state index in [4.69, 9.17) is 9.47 Å². The van der Waals surface area contributed by atoms with E-state index in [9.17, 15) is 19.0 Å². The van der Waals surface area contributed by atoms with Crippen LogP contribution in [0.15, 0.2) is 42.6 Å². The molecule has 6 rings (SSSR count). The first-order valence-corrected chi connectivity index (χ1v) is 12.7. The molecule has 0 spiro atoms. The van der Waals surface area contributed by atoms with Crippen LogP contribution in [0.2, 0.25) is 0 Å². The van der Waals surface area contributed by atoms with E-state index in [1.807, 2.05) is 29.1 Å². The Hall–Kier alpha value is -2.59. The topological polar surface area (TPSA) is 80.0 Å². The fourth-order valence-corrected chi connectivity index (χ4v) is 6.14. The Morgan fingerprint density at radius 2 is 2.08 bits per heavy atom. The SMILES string of the molecule is OC(CN1C[C@@H]2C[C@@H](Oc3ccc(F)cc3F)C[C@]2(O)C1)c1ccc2c(cnn2C2CCCCO2)c1. The highest BCUT2D eigenvalue weighted by molar-refractivity contribution is 5.79. The molecule has 192 valence electrons. The lowest BCUT2D eigenvalue weighted by Gasteiger charge is -2.25. The molecule has 36 heavy (non-hydrogen) atoms. The summed E-state index contributed by atoms with van der Waals surface area (Å²) in [6, 6.07) is 9.14. The van der Waals surface area contributed by atoms with Gasteiger partial charge in [-0.3, -0.25) is 4.90 Å². The van der Waals surface area contributed by atoms with Gasteiger partial charge in [0.05, 0.1) is 23.4 Å². The van der Waals surface area contributed by atoms with Gasteiger partial charge in [-0.1, -0.05) is 6.07 Å². The highest BCUT2D eigenvalue weighted by atomic mass is 19.1. The number of nitrogens with zero attached hydrogens (tertiary/aromatic N) is 3. The summed E-state index contributed by atoms with van der Waals surface area (Å²) in [4.78, 5) is 2.08. The maximum atomic E-state index is 14.0. The highest BCUT2D eigenvalue weighted by Gasteiger charge is 2.53. The van der Waals surface area contributed by atoms with E-state index in [-0.39, 0.29) is 24.0 Å². The smallest absolute Gasteiger partial charge is 0.167 e. The maximum absolute atomic E-state index is 14.0. The van der Waals surface area contributed by atoms with Gasteiger partial charge in [-0.05, 0) is 55.5 Å². The lowest BCUT2D eigenvalue weighted by atomic mass is 9.95. The standard InChI is InChI=1S/C27H31F2N3O4/c28-20-5-7-25(22(29)11-20)36-21-10-19-14-31(16-27(19,34)12-21)15-24(33)17-4-6-23-18(9-17)13-30-32(23)26-3-1-2-8-35-26/h4-7,9,11,13,19,21,24,26,33-34H,1-3,8,10,12,14-16H2/t19-,21+,24?,26?,27-/m0/s1. The predicted octanol–water partition coefficient (Wildman–Crippen LogP) is 3.95. The average Bonchev–Trinajstić information content (AvgIpc) is 3.50. The molecule has 1 saturated carbocycles. The van der Waals surface area contributed by atoms with E-state index in [0.717, 1.165) is 54.5 Å². The Kier molecular flexibility index (Phi) is 6.19. The van der Waals surface area contributed by atoms with Crippen LogP contribution >= 0.6 is 0 Å². The molecule has 9 heteroatoms. The number of halogens is 2. The molecule has 7 nitrogen and oxygen atoms in total. The zero-order valence-corrected chi connectivity index (χ0v) is 20.0. The van der Waals surface area contributed by atoms with E-state index < -0.39 is 23.3 Å². The van der Waals surface area contributed by atoms with Gasteiger partial charge in [0.1, 0.15) is 11.9 Å². The third-order valence-corrected chi connectivity index (χ3v) is 7.92. The van der Waals surface area contributed by atoms with Gasteiger partial charge in [-0.25, -0.2) is 13.5 Å². The molecule has 3 heterocycles. The molecule has 2 saturated heterocycles. The van der Waals surface area contributed by atoms with Crippen molar-refractivity contribution in [2.45, 2.75) is 56.1 Å². The van der Waals surface area contributed by atoms with Crippen LogP contribution in [0.1, 0.15) is 50.0 Å². The minimum absolute atomic E-state index is 0.00557. The zero-order chi connectivity index (χ0) is 24.9. The Morgan fingerprint density at radius 1 is 1.19 bits per heavy atom. The van der Waals surface area contributed by atoms with Gasteiger partial charge in [0.15, 0.2) is 17.8 Å². The molecule has 3 fully saturated rings. The van der Waals surface area contributed by atoms with Crippen LogP contribution in [-0.2, 0) is 4.74 Å². The normalized spacial score (nSPS) is 29.5. The lowest BCUT2D eigenvalue weighted by Crippen LogP contribution is -2.36. The highest BCUT2D eigenvalue weighted by Crippen LogP contribution is 2.43. The number of benzene rings is 2. The predicted molar refractivity (Wildman–Crippen MR) is 128 cm³/mol. The number of hydrogen-bond acceptors (Lipinski definition) is 6. The molecule has 1 aromatic heterocycles. The average molecular weight is 500 g/mol. The third-order valence-electron chi connectivity index (χ3n) is 7.92. The van der Waals surface area contributed by atoms with Crippen LogP contribution in [0.5, 0.6) is 5.75 Å². The summed E-state index contributed by atoms with van der Waals surface area (Å²) in [6.07, 6.45) is 4.85. The number of β-amino-alcohol motifs (C(OH)–C–C–N with tert-alkyl or cyclic N) is 2. The Morgan fingerprint density at radius 3 is 2.86 bits per heavy atom. The molecular weight excluding hydrogens is 468 g/mol. The Balaban J connectivity index is 1.07. The summed E-state index contributed by atoms with van der Waals surface area (Å²) < 4.78 is 40.7. The molecule has 1 aliphatic carbocycles. The van der Waals surface area contributed by atoms with Crippen molar-refractivity contribution in [1.82, 2.24) is 14.7 Å². The quantitative estimate of drug-likeness (QED) is 0.535. The number of aliphatic hydroxyl groups excluding tert-OH is 1. The van der Waals surface area contributed by atoms with Crippen molar-refractivity contribution < 1.29 is 28.5 Å². The number of aromatic nitrogens is 2. The molecule has 3 aliphatic rings. The molecule has 5 atom stereocenters. The van der Waals surface area contributed by atoms with Crippen LogP contribution in [0, 0.1) is 17.6 Å². The van der Waals surface area contributed by atoms with E-state index in [2.05, 4.69) is 10.00 Å². The van der Waals surface area contributed by atoms with Crippen molar-refractivity contribution in [3.63, 3.8) is 0 Å². The second kappa shape index (κ2) is 9.37. The van der Waals surface area contributed by atoms with Gasteiger partial charge in [-0.2, -0.15) is 5.10 Å². The van der Waals surface area contributed by atoms with Crippen LogP contribution in [0.4, 0.5) is 8.78 Å². The van der Waals surface area contributed by atoms with E-state index in [1.54, 1.807) is 0 Å². The van der Waals surface area contributed by atoms with Gasteiger partial charge in [-0.15, -0.1) is 0 Å². The van der Waals surface area contributed by atoms with E-state index in [0.29, 0.717) is 32.5 Å². The number of likely N-dealkylation sites (tertiary alicyclic amines) is 1. The van der Waals surface area contributed by atoms with Crippen molar-refractivity contribution in [3.8, 4) is 5.75 Å². The Labute approximate surface area is 208 Å². The van der Waals surface area contributed by atoms with Crippen LogP contribution in [0.3, 0.4) is 0 Å². The largest absolute Gasteiger partial charge is 0.487 e. The fourth-order valence-electron chi connectivity index (χ4n) is 6.14. The molecule has 2 aliphatic heterocycles. The minimum atomic E-state index is -0.952. The summed E-state index contributed by atoms with van der Waals surface area (Å²) >= 11 is 0. The molecule has 3 aromatic rings. The maximum Gasteiger partial charge on any atom is 0.167 e. The van der Waals surface area contributed by atoms with Crippen LogP contribution in [-0.4, -0.2) is 62.8 Å². The lowest BCUT2D eigenvalue weighted by molar-refractivity contribution is -0.0366. The van der Waals surface area contributed by atoms with Gasteiger partial charge < -0.3 is 19.7 Å². The molecule has 2 aromatic carbocycles. The van der Waals surface area contributed by atoms with Crippen LogP contribution < -0.4 is 4.74 Å². The zero-order valence-electron chi connectivity index (χ0n) is 20.0. The van der Waals surface area contributed by atoms with Crippen molar-refractivity contribution in [1.29, 1.82) is 0 Å². The summed E-state index contributed by atoms with van der Waals surface area (Å²) in [5.41, 5.74) is 0.849. The van der Waals surface area contributed by atoms with Gasteiger partial charge in [0.25, 0.3) is 0 Å². The number of ether oxygens (including phenoxy) is 2. The molecule has 2 N–H and O–H groups in total. The number of aliphatic hydroxyl groups is 2. The summed E-state index contributed by atoms with van der Waals surface area (Å²) in [6.45, 7) is 2.20. The molecular formula is C27H31F2N3O4. The van der Waals surface area contributed by atoms with E-state index >= 15 is 0 Å². The number of rotatable bonds is 6. The van der Waals surface area contributed by atoms with Gasteiger partial charge in [0, 0.05) is 50.0 Å². The van der Waals surface area contributed by atoms with Crippen molar-refractivity contribution in [3.05, 3.63) is 59.8 Å². The number of hydrogen-bond donors (Lipinski definition) is 2. The third kappa shape index (κ3) is 4.49. The second-order valence-corrected chi connectivity index (χ2v) is 10.5. The van der Waals surface area contributed by atoms with Crippen molar-refractivity contribution in [2.24, 2.45) is 5.92 Å². The Bertz CT molecular complexity index is 1250. The molecule has 0 bridgehead atoms. The van der Waals surface area contributed by atoms with E-state index in [1.165, 1.54) is 6.07 Å². The first kappa shape index (κ1) is 23.8. The first-order valence-electron chi connectivity index (χ1n) is 12.7. The molecule has 2 unspecified atom stereocenters. The summed E-state index contributed by atoms with van der Waals surface area (Å²) in [5.74, 6) is -1.42. The first-order chi connectivity index (χ1) is 17.4. The monoisotopic (exact) mass is 499 g/mol. The number of fused-ring (bicyclic) bond motifs is 2. The van der Waals surface area contributed by atoms with Gasteiger partial charge in [0.2, 0.25) is 0 Å². The molecule has 0 amide bonds. The molecule has 0 radical (unpaired) electrons. The van der Waals surface area contributed by atoms with Gasteiger partial charge >= 0.3 is 0 Å². The summed E-state index contributed by atoms with van der Waals surface area (Å²) in [5, 5.41) is 27.7. The van der Waals surface area contributed by atoms with Crippen molar-refractivity contribution >= 4 is 10.9 Å². The minimum Gasteiger partial charge on any atom is -0.487 e. The van der Waals surface area contributed by atoms with Crippen LogP contribution in [0.25, 0.3) is 10.9 Å². The second-order valence-electron chi connectivity index (χ2n) is 10.5. The summed E-state index contributed by atoms with van der Waals surface area (Å²) in [7, 11) is 0.